The van der Waals surface area contributed by atoms with E-state index in [1.54, 1.807) is 59.4 Å². The standard InChI is InChI=1S/C47H49N5O8Si/c1-29-44(61(3,4)39-20-18-38(59-2)19-21-39)42(25-43(54)50-27-33-8-6-5-7-32(33)23-37(50)28-53)60-47(29)40-24-36(52(57)58)17-22-41(40)51(46(47)56)26-30-9-15-35(16-10-30)49-45(55)31-11-13-34(48)14-12-31/h5-22,24,29,37,42,44,53H,23,25-28,48H2,1-4H3,(H,49,55)/t29-,37-,42+,44-,47+/m0/s1. The van der Waals surface area contributed by atoms with Crippen molar-refractivity contribution < 1.29 is 33.9 Å². The van der Waals surface area contributed by atoms with Gasteiger partial charge in [0.1, 0.15) is 5.75 Å². The summed E-state index contributed by atoms with van der Waals surface area (Å²) in [4.78, 5) is 58.1. The highest BCUT2D eigenvalue weighted by Crippen LogP contribution is 2.60. The molecule has 0 saturated carbocycles. The van der Waals surface area contributed by atoms with E-state index in [2.05, 4.69) is 18.4 Å². The second-order valence-corrected chi connectivity index (χ2v) is 21.5. The molecule has 5 atom stereocenters. The molecule has 61 heavy (non-hydrogen) atoms. The number of carbonyl (C=O) groups excluding carboxylic acids is 3. The molecule has 3 aliphatic heterocycles. The molecule has 8 rings (SSSR count). The number of rotatable bonds is 11. The SMILES string of the molecule is COc1ccc([Si](C)(C)[C@@H]2[C@@H](CC(=O)N3Cc4ccccc4C[C@H]3CO)O[C@]3(C(=O)N(Cc4ccc(NC(=O)c5ccc(N)cc5)cc4)c4ccc([N+](=O)[O-])cc43)[C@H]2C)cc1. The predicted molar refractivity (Wildman–Crippen MR) is 235 cm³/mol. The summed E-state index contributed by atoms with van der Waals surface area (Å²) in [5.41, 5.74) is 8.95. The third-order valence-electron chi connectivity index (χ3n) is 13.0. The summed E-state index contributed by atoms with van der Waals surface area (Å²) in [6, 6.07) is 33.6. The molecule has 5 aromatic rings. The molecular weight excluding hydrogens is 791 g/mol. The number of methoxy groups -OCH3 is 1. The quantitative estimate of drug-likeness (QED) is 0.0577. The highest BCUT2D eigenvalue weighted by Gasteiger charge is 2.67. The zero-order chi connectivity index (χ0) is 43.2. The second kappa shape index (κ2) is 16.3. The van der Waals surface area contributed by atoms with Crippen molar-refractivity contribution in [3.63, 3.8) is 0 Å². The largest absolute Gasteiger partial charge is 0.497 e. The molecule has 14 heteroatoms. The number of anilines is 3. The van der Waals surface area contributed by atoms with Crippen molar-refractivity contribution in [3.05, 3.63) is 153 Å². The van der Waals surface area contributed by atoms with Gasteiger partial charge in [0.15, 0.2) is 5.60 Å². The molecule has 0 aliphatic carbocycles. The van der Waals surface area contributed by atoms with Gasteiger partial charge in [0.25, 0.3) is 17.5 Å². The van der Waals surface area contributed by atoms with Crippen molar-refractivity contribution in [2.75, 3.05) is 29.7 Å². The maximum atomic E-state index is 15.4. The minimum absolute atomic E-state index is 0.0525. The van der Waals surface area contributed by atoms with E-state index in [-0.39, 0.29) is 48.5 Å². The normalized spacial score (nSPS) is 21.9. The average Bonchev–Trinajstić information content (AvgIpc) is 3.69. The number of amides is 3. The Balaban J connectivity index is 1.15. The average molecular weight is 840 g/mol. The number of non-ortho nitro benzene ring substituents is 1. The lowest BCUT2D eigenvalue weighted by atomic mass is 9.82. The molecule has 314 valence electrons. The summed E-state index contributed by atoms with van der Waals surface area (Å²) >= 11 is 0. The van der Waals surface area contributed by atoms with E-state index in [0.29, 0.717) is 46.9 Å². The van der Waals surface area contributed by atoms with Gasteiger partial charge in [0, 0.05) is 47.1 Å². The minimum atomic E-state index is -2.68. The van der Waals surface area contributed by atoms with Gasteiger partial charge in [-0.2, -0.15) is 0 Å². The van der Waals surface area contributed by atoms with E-state index in [0.717, 1.165) is 21.9 Å². The number of benzene rings is 5. The number of nitrogens with two attached hydrogens (primary N) is 1. The van der Waals surface area contributed by atoms with Gasteiger partial charge in [-0.05, 0) is 83.2 Å². The first-order chi connectivity index (χ1) is 29.2. The maximum Gasteiger partial charge on any atom is 0.269 e. The fourth-order valence-corrected chi connectivity index (χ4v) is 13.8. The van der Waals surface area contributed by atoms with E-state index in [9.17, 15) is 24.8 Å². The van der Waals surface area contributed by atoms with Crippen LogP contribution in [0.5, 0.6) is 5.75 Å². The van der Waals surface area contributed by atoms with Crippen LogP contribution in [0.4, 0.5) is 22.7 Å². The lowest BCUT2D eigenvalue weighted by Gasteiger charge is -2.39. The van der Waals surface area contributed by atoms with Crippen LogP contribution in [-0.4, -0.2) is 66.6 Å². The van der Waals surface area contributed by atoms with Crippen LogP contribution in [0.3, 0.4) is 0 Å². The highest BCUT2D eigenvalue weighted by molar-refractivity contribution is 6.91. The molecular formula is C47H49N5O8Si. The Morgan fingerprint density at radius 1 is 0.984 bits per heavy atom. The van der Waals surface area contributed by atoms with Gasteiger partial charge in [-0.25, -0.2) is 0 Å². The van der Waals surface area contributed by atoms with Gasteiger partial charge in [-0.3, -0.25) is 24.5 Å². The first-order valence-corrected chi connectivity index (χ1v) is 23.5. The van der Waals surface area contributed by atoms with Crippen molar-refractivity contribution >= 4 is 53.7 Å². The number of nitrogen functional groups attached to an aromatic ring is 1. The zero-order valence-corrected chi connectivity index (χ0v) is 35.5. The summed E-state index contributed by atoms with van der Waals surface area (Å²) in [5.74, 6) is -0.678. The first kappa shape index (κ1) is 41.4. The molecule has 0 aromatic heterocycles. The van der Waals surface area contributed by atoms with Gasteiger partial charge in [-0.15, -0.1) is 0 Å². The molecule has 0 radical (unpaired) electrons. The molecule has 3 heterocycles. The molecule has 0 unspecified atom stereocenters. The van der Waals surface area contributed by atoms with Crippen LogP contribution >= 0.6 is 0 Å². The third-order valence-corrected chi connectivity index (χ3v) is 17.4. The number of nitro benzene ring substituents is 1. The molecule has 5 aromatic carbocycles. The van der Waals surface area contributed by atoms with Crippen molar-refractivity contribution in [2.45, 2.75) is 69.2 Å². The Labute approximate surface area is 355 Å². The van der Waals surface area contributed by atoms with Crippen LogP contribution < -0.4 is 25.9 Å². The number of ether oxygens (including phenoxy) is 2. The highest BCUT2D eigenvalue weighted by atomic mass is 28.3. The number of fused-ring (bicyclic) bond motifs is 3. The molecule has 1 spiro atoms. The van der Waals surface area contributed by atoms with Gasteiger partial charge in [-0.1, -0.05) is 73.7 Å². The second-order valence-electron chi connectivity index (χ2n) is 16.8. The van der Waals surface area contributed by atoms with E-state index in [1.807, 2.05) is 67.6 Å². The number of hydrogen-bond acceptors (Lipinski definition) is 9. The van der Waals surface area contributed by atoms with Crippen LogP contribution in [-0.2, 0) is 39.4 Å². The van der Waals surface area contributed by atoms with Gasteiger partial charge in [0.05, 0.1) is 57.5 Å². The van der Waals surface area contributed by atoms with Crippen molar-refractivity contribution in [3.8, 4) is 5.75 Å². The van der Waals surface area contributed by atoms with Crippen LogP contribution in [0.15, 0.2) is 115 Å². The lowest BCUT2D eigenvalue weighted by Crippen LogP contribution is -2.52. The zero-order valence-electron chi connectivity index (χ0n) is 34.5. The lowest BCUT2D eigenvalue weighted by molar-refractivity contribution is -0.385. The molecule has 3 amide bonds. The van der Waals surface area contributed by atoms with Crippen LogP contribution in [0.1, 0.15) is 46.0 Å². The summed E-state index contributed by atoms with van der Waals surface area (Å²) in [7, 11) is -1.07. The summed E-state index contributed by atoms with van der Waals surface area (Å²) in [6.45, 7) is 6.65. The molecule has 0 bridgehead atoms. The summed E-state index contributed by atoms with van der Waals surface area (Å²) in [5, 5.41) is 26.8. The fraction of sp³-hybridized carbons (Fsp3) is 0.298. The molecule has 4 N–H and O–H groups in total. The molecule has 1 fully saturated rings. The summed E-state index contributed by atoms with van der Waals surface area (Å²) < 4.78 is 12.6. The van der Waals surface area contributed by atoms with Gasteiger partial charge < -0.3 is 35.4 Å². The number of aliphatic hydroxyl groups excluding tert-OH is 1. The van der Waals surface area contributed by atoms with Crippen LogP contribution in [0, 0.1) is 16.0 Å². The molecule has 1 saturated heterocycles. The minimum Gasteiger partial charge on any atom is -0.497 e. The topological polar surface area (TPSA) is 178 Å². The summed E-state index contributed by atoms with van der Waals surface area (Å²) in [6.07, 6.45) is -0.286. The Morgan fingerprint density at radius 3 is 2.33 bits per heavy atom. The predicted octanol–water partition coefficient (Wildman–Crippen LogP) is 6.54. The van der Waals surface area contributed by atoms with Gasteiger partial charge >= 0.3 is 0 Å². The van der Waals surface area contributed by atoms with Crippen LogP contribution in [0.25, 0.3) is 0 Å². The Morgan fingerprint density at radius 2 is 1.67 bits per heavy atom. The van der Waals surface area contributed by atoms with Crippen molar-refractivity contribution in [1.82, 2.24) is 4.90 Å². The number of aliphatic hydroxyl groups is 1. The number of nitrogens with one attached hydrogen (secondary N) is 1. The Kier molecular flexibility index (Phi) is 11.0. The number of nitrogens with zero attached hydrogens (tertiary/aromatic N) is 3. The molecule has 13 nitrogen and oxygen atoms in total. The maximum absolute atomic E-state index is 15.4. The number of nitro groups is 1. The first-order valence-electron chi connectivity index (χ1n) is 20.4. The van der Waals surface area contributed by atoms with Crippen molar-refractivity contribution in [1.29, 1.82) is 0 Å². The Bertz CT molecular complexity index is 2500. The monoisotopic (exact) mass is 839 g/mol. The van der Waals surface area contributed by atoms with E-state index < -0.39 is 36.7 Å². The van der Waals surface area contributed by atoms with E-state index in [4.69, 9.17) is 15.2 Å². The fourth-order valence-electron chi connectivity index (χ4n) is 9.82. The smallest absolute Gasteiger partial charge is 0.269 e. The number of hydrogen-bond donors (Lipinski definition) is 3. The number of carbonyl (C=O) groups is 3. The molecule has 3 aliphatic rings. The van der Waals surface area contributed by atoms with Crippen molar-refractivity contribution in [2.24, 2.45) is 5.92 Å². The third kappa shape index (κ3) is 7.44. The van der Waals surface area contributed by atoms with Gasteiger partial charge in [0.2, 0.25) is 5.91 Å². The van der Waals surface area contributed by atoms with E-state index in [1.165, 1.54) is 12.1 Å². The van der Waals surface area contributed by atoms with E-state index >= 15 is 4.79 Å². The van der Waals surface area contributed by atoms with Crippen LogP contribution in [0.2, 0.25) is 18.6 Å². The Hall–Kier alpha value is -6.35.